The molecule has 5 rings (SSSR count). The minimum absolute atomic E-state index is 0. The van der Waals surface area contributed by atoms with Gasteiger partial charge in [-0.3, -0.25) is 9.69 Å². The van der Waals surface area contributed by atoms with E-state index in [-0.39, 0.29) is 31.0 Å². The molecule has 2 amide bonds. The molecule has 0 aliphatic carbocycles. The Morgan fingerprint density at radius 1 is 1.29 bits per heavy atom. The molecule has 3 aliphatic heterocycles. The first kappa shape index (κ1) is 21.4. The third kappa shape index (κ3) is 3.82. The summed E-state index contributed by atoms with van der Waals surface area (Å²) < 4.78 is 5.03. The summed E-state index contributed by atoms with van der Waals surface area (Å²) in [5.41, 5.74) is 2.44. The molecule has 0 unspecified atom stereocenters. The van der Waals surface area contributed by atoms with Crippen LogP contribution < -0.4 is 5.32 Å². The Kier molecular flexibility index (Phi) is 5.56. The Hall–Kier alpha value is -2.80. The predicted molar refractivity (Wildman–Crippen MR) is 119 cm³/mol. The number of hydrogen-bond donors (Lipinski definition) is 1. The summed E-state index contributed by atoms with van der Waals surface area (Å²) in [6, 6.07) is 9.77. The number of carbonyl (C=O) groups is 2. The first-order chi connectivity index (χ1) is 14.4. The van der Waals surface area contributed by atoms with Crippen LogP contribution in [0.1, 0.15) is 42.3 Å². The number of nitrogens with one attached hydrogen (secondary N) is 1. The zero-order chi connectivity index (χ0) is 20.9. The van der Waals surface area contributed by atoms with Gasteiger partial charge in [-0.1, -0.05) is 31.2 Å². The maximum absolute atomic E-state index is 13.1. The van der Waals surface area contributed by atoms with Gasteiger partial charge in [0.05, 0.1) is 23.7 Å². The molecule has 0 radical (unpaired) electrons. The first-order valence-electron chi connectivity index (χ1n) is 10.2. The van der Waals surface area contributed by atoms with E-state index < -0.39 is 0 Å². The highest BCUT2D eigenvalue weighted by Gasteiger charge is 2.38. The fraction of sp³-hybridized carbons (Fsp3) is 0.435. The molecular weight excluding hydrogens is 416 g/mol. The molecule has 164 valence electrons. The topological polar surface area (TPSA) is 74.8 Å². The first-order valence-corrected chi connectivity index (χ1v) is 10.6. The molecule has 0 bridgehead atoms. The molecular formula is C23H27ClN4O3. The number of amides is 2. The number of benzene rings is 1. The summed E-state index contributed by atoms with van der Waals surface area (Å²) in [7, 11) is 0. The number of fused-ring (bicyclic) bond motifs is 1. The van der Waals surface area contributed by atoms with E-state index in [1.54, 1.807) is 16.0 Å². The van der Waals surface area contributed by atoms with Crippen molar-refractivity contribution in [3.63, 3.8) is 0 Å². The zero-order valence-electron chi connectivity index (χ0n) is 16.7. The quantitative estimate of drug-likeness (QED) is 0.779. The van der Waals surface area contributed by atoms with E-state index in [1.807, 2.05) is 30.3 Å². The number of carbonyl (C=O) groups excluding carboxylic acids is 2. The minimum Gasteiger partial charge on any atom is -0.448 e. The Morgan fingerprint density at radius 3 is 2.77 bits per heavy atom. The van der Waals surface area contributed by atoms with Crippen molar-refractivity contribution in [3.8, 4) is 0 Å². The number of cyclic esters (lactones) is 1. The summed E-state index contributed by atoms with van der Waals surface area (Å²) in [6.45, 7) is 4.31. The Labute approximate surface area is 187 Å². The molecule has 0 spiro atoms. The highest BCUT2D eigenvalue weighted by molar-refractivity contribution is 6.30. The van der Waals surface area contributed by atoms with E-state index in [1.165, 1.54) is 0 Å². The van der Waals surface area contributed by atoms with Gasteiger partial charge in [-0.25, -0.2) is 9.78 Å². The lowest BCUT2D eigenvalue weighted by molar-refractivity contribution is 0.0779. The third-order valence-corrected chi connectivity index (χ3v) is 6.57. The number of pyridine rings is 1. The van der Waals surface area contributed by atoms with Crippen molar-refractivity contribution in [1.82, 2.24) is 14.8 Å². The summed E-state index contributed by atoms with van der Waals surface area (Å²) in [6.07, 6.45) is 2.87. The van der Waals surface area contributed by atoms with Crippen molar-refractivity contribution < 1.29 is 14.3 Å². The van der Waals surface area contributed by atoms with E-state index in [9.17, 15) is 9.59 Å². The molecule has 0 saturated carbocycles. The second-order valence-electron chi connectivity index (χ2n) is 8.37. The second-order valence-corrected chi connectivity index (χ2v) is 8.81. The number of hydrogen-bond acceptors (Lipinski definition) is 5. The summed E-state index contributed by atoms with van der Waals surface area (Å²) >= 11 is 6.03. The van der Waals surface area contributed by atoms with Gasteiger partial charge in [0.1, 0.15) is 12.4 Å². The molecule has 2 fully saturated rings. The van der Waals surface area contributed by atoms with Gasteiger partial charge in [0, 0.05) is 30.7 Å². The van der Waals surface area contributed by atoms with Crippen molar-refractivity contribution in [1.29, 1.82) is 0 Å². The fourth-order valence-corrected chi connectivity index (χ4v) is 4.78. The van der Waals surface area contributed by atoms with E-state index in [0.717, 1.165) is 29.8 Å². The van der Waals surface area contributed by atoms with Crippen molar-refractivity contribution >= 4 is 29.4 Å². The number of aromatic nitrogens is 1. The van der Waals surface area contributed by atoms with Crippen LogP contribution in [0, 0.1) is 0 Å². The van der Waals surface area contributed by atoms with Crippen molar-refractivity contribution in [2.75, 3.05) is 31.6 Å². The maximum atomic E-state index is 13.1. The van der Waals surface area contributed by atoms with Crippen LogP contribution >= 0.6 is 11.6 Å². The molecule has 1 aromatic heterocycles. The van der Waals surface area contributed by atoms with Gasteiger partial charge in [-0.15, -0.1) is 0 Å². The zero-order valence-corrected chi connectivity index (χ0v) is 17.5. The standard InChI is InChI=1S/C22H23ClN4O3.CH4/c1-22(16-2-4-17(23)5-3-16)11-14-10-15(12-24-19(14)25-22)20(28)26-7-6-18(13-26)27-8-9-30-21(27)29;/h2-5,10,12,18H,6-9,11,13H2,1H3,(H,24,25);1H4/t18-,22+;/m0./s1. The van der Waals surface area contributed by atoms with Gasteiger partial charge in [-0.2, -0.15) is 0 Å². The van der Waals surface area contributed by atoms with Crippen molar-refractivity contribution in [3.05, 3.63) is 58.2 Å². The number of nitrogens with zero attached hydrogens (tertiary/aromatic N) is 3. The van der Waals surface area contributed by atoms with Crippen LogP contribution in [0.5, 0.6) is 0 Å². The predicted octanol–water partition coefficient (Wildman–Crippen LogP) is 3.92. The minimum atomic E-state index is -0.295. The molecule has 31 heavy (non-hydrogen) atoms. The van der Waals surface area contributed by atoms with Crippen LogP contribution in [0.15, 0.2) is 36.5 Å². The van der Waals surface area contributed by atoms with Crippen LogP contribution in [-0.4, -0.2) is 59.1 Å². The highest BCUT2D eigenvalue weighted by atomic mass is 35.5. The van der Waals surface area contributed by atoms with E-state index >= 15 is 0 Å². The molecule has 1 aromatic carbocycles. The molecule has 2 aromatic rings. The molecule has 3 aliphatic rings. The van der Waals surface area contributed by atoms with E-state index in [4.69, 9.17) is 16.3 Å². The Balaban J connectivity index is 0.00000231. The van der Waals surface area contributed by atoms with Crippen molar-refractivity contribution in [2.24, 2.45) is 0 Å². The fourth-order valence-electron chi connectivity index (χ4n) is 4.65. The van der Waals surface area contributed by atoms with Crippen LogP contribution in [0.4, 0.5) is 10.6 Å². The van der Waals surface area contributed by atoms with Crippen LogP contribution in [0.25, 0.3) is 0 Å². The number of rotatable bonds is 3. The van der Waals surface area contributed by atoms with Gasteiger partial charge in [-0.05, 0) is 42.7 Å². The molecule has 8 heteroatoms. The lowest BCUT2D eigenvalue weighted by atomic mass is 9.89. The normalized spacial score (nSPS) is 24.5. The molecule has 2 atom stereocenters. The molecule has 2 saturated heterocycles. The van der Waals surface area contributed by atoms with Crippen LogP contribution in [0.2, 0.25) is 5.02 Å². The van der Waals surface area contributed by atoms with Gasteiger partial charge in [0.2, 0.25) is 0 Å². The average molecular weight is 443 g/mol. The number of anilines is 1. The summed E-state index contributed by atoms with van der Waals surface area (Å²) in [5.74, 6) is 0.767. The monoisotopic (exact) mass is 442 g/mol. The van der Waals surface area contributed by atoms with Gasteiger partial charge in [0.15, 0.2) is 0 Å². The lowest BCUT2D eigenvalue weighted by Crippen LogP contribution is -2.39. The van der Waals surface area contributed by atoms with Crippen molar-refractivity contribution in [2.45, 2.75) is 38.8 Å². The SMILES string of the molecule is C.C[C@]1(c2ccc(Cl)cc2)Cc2cc(C(=O)N3CC[C@H](N4CCOC4=O)C3)cnc2N1. The maximum Gasteiger partial charge on any atom is 0.410 e. The van der Waals surface area contributed by atoms with Gasteiger partial charge >= 0.3 is 6.09 Å². The van der Waals surface area contributed by atoms with E-state index in [0.29, 0.717) is 36.8 Å². The lowest BCUT2D eigenvalue weighted by Gasteiger charge is -2.25. The Bertz CT molecular complexity index is 1010. The summed E-state index contributed by atoms with van der Waals surface area (Å²) in [5, 5.41) is 4.20. The Morgan fingerprint density at radius 2 is 2.06 bits per heavy atom. The second kappa shape index (κ2) is 8.04. The molecule has 7 nitrogen and oxygen atoms in total. The van der Waals surface area contributed by atoms with Gasteiger partial charge < -0.3 is 15.0 Å². The number of halogens is 1. The third-order valence-electron chi connectivity index (χ3n) is 6.32. The highest BCUT2D eigenvalue weighted by Crippen LogP contribution is 2.38. The van der Waals surface area contributed by atoms with Gasteiger partial charge in [0.25, 0.3) is 5.91 Å². The number of ether oxygens (including phenoxy) is 1. The largest absolute Gasteiger partial charge is 0.448 e. The van der Waals surface area contributed by atoms with Crippen LogP contribution in [-0.2, 0) is 16.7 Å². The smallest absolute Gasteiger partial charge is 0.410 e. The molecule has 4 heterocycles. The summed E-state index contributed by atoms with van der Waals surface area (Å²) in [4.78, 5) is 32.9. The average Bonchev–Trinajstić information content (AvgIpc) is 3.45. The number of likely N-dealkylation sites (tertiary alicyclic amines) is 1. The molecule has 1 N–H and O–H groups in total. The van der Waals surface area contributed by atoms with Crippen LogP contribution in [0.3, 0.4) is 0 Å². The van der Waals surface area contributed by atoms with E-state index in [2.05, 4.69) is 17.2 Å².